The first-order valence-corrected chi connectivity index (χ1v) is 8.05. The zero-order chi connectivity index (χ0) is 13.3. The van der Waals surface area contributed by atoms with Crippen LogP contribution in [0.3, 0.4) is 0 Å². The first kappa shape index (κ1) is 13.1. The highest BCUT2D eigenvalue weighted by Gasteiger charge is 2.33. The molecular formula is C13H18N2O3S. The van der Waals surface area contributed by atoms with Crippen LogP contribution in [0.4, 0.5) is 0 Å². The zero-order valence-corrected chi connectivity index (χ0v) is 11.6. The Hall–Kier alpha value is -0.950. The van der Waals surface area contributed by atoms with Gasteiger partial charge in [-0.25, -0.2) is 0 Å². The highest BCUT2D eigenvalue weighted by atomic mass is 32.2. The predicted octanol–water partition coefficient (Wildman–Crippen LogP) is 1.32. The van der Waals surface area contributed by atoms with Crippen molar-refractivity contribution in [1.82, 2.24) is 8.77 Å². The van der Waals surface area contributed by atoms with Crippen LogP contribution in [0.15, 0.2) is 24.3 Å². The monoisotopic (exact) mass is 282 g/mol. The maximum atomic E-state index is 12.5. The SMILES string of the molecule is O=S(=O)(N1CCc2ccccc2C1)N1CCCCO1. The lowest BCUT2D eigenvalue weighted by Gasteiger charge is -2.33. The fourth-order valence-corrected chi connectivity index (χ4v) is 4.00. The van der Waals surface area contributed by atoms with Crippen molar-refractivity contribution >= 4 is 10.2 Å². The third-order valence-corrected chi connectivity index (χ3v) is 5.42. The van der Waals surface area contributed by atoms with Crippen molar-refractivity contribution in [3.8, 4) is 0 Å². The van der Waals surface area contributed by atoms with E-state index in [1.54, 1.807) is 0 Å². The predicted molar refractivity (Wildman–Crippen MR) is 71.4 cm³/mol. The van der Waals surface area contributed by atoms with E-state index < -0.39 is 10.2 Å². The quantitative estimate of drug-likeness (QED) is 0.822. The number of hydroxylamine groups is 1. The number of benzene rings is 1. The van der Waals surface area contributed by atoms with Crippen LogP contribution in [-0.4, -0.2) is 36.9 Å². The highest BCUT2D eigenvalue weighted by Crippen LogP contribution is 2.23. The molecule has 6 heteroatoms. The molecule has 0 amide bonds. The Morgan fingerprint density at radius 3 is 2.58 bits per heavy atom. The first-order valence-electron chi connectivity index (χ1n) is 6.65. The average molecular weight is 282 g/mol. The first-order chi connectivity index (χ1) is 9.18. The lowest BCUT2D eigenvalue weighted by Crippen LogP contribution is -2.47. The maximum Gasteiger partial charge on any atom is 0.304 e. The number of fused-ring (bicyclic) bond motifs is 1. The molecule has 0 N–H and O–H groups in total. The molecule has 104 valence electrons. The van der Waals surface area contributed by atoms with Gasteiger partial charge in [0.15, 0.2) is 0 Å². The molecule has 0 spiro atoms. The molecule has 0 bridgehead atoms. The van der Waals surface area contributed by atoms with E-state index in [2.05, 4.69) is 6.07 Å². The van der Waals surface area contributed by atoms with Gasteiger partial charge in [0.2, 0.25) is 0 Å². The van der Waals surface area contributed by atoms with Crippen LogP contribution in [0, 0.1) is 0 Å². The summed E-state index contributed by atoms with van der Waals surface area (Å²) in [6.07, 6.45) is 2.56. The molecule has 0 aliphatic carbocycles. The standard InChI is InChI=1S/C13H18N2O3S/c16-19(17,15-8-3-4-10-18-15)14-9-7-12-5-1-2-6-13(12)11-14/h1-2,5-6H,3-4,7-11H2. The number of rotatable bonds is 2. The summed E-state index contributed by atoms with van der Waals surface area (Å²) < 4.78 is 27.6. The zero-order valence-electron chi connectivity index (χ0n) is 10.8. The molecule has 1 aromatic carbocycles. The van der Waals surface area contributed by atoms with Gasteiger partial charge >= 0.3 is 10.2 Å². The second-order valence-corrected chi connectivity index (χ2v) is 6.75. The van der Waals surface area contributed by atoms with Gasteiger partial charge in [0.25, 0.3) is 0 Å². The third-order valence-electron chi connectivity index (χ3n) is 3.65. The Kier molecular flexibility index (Phi) is 3.58. The van der Waals surface area contributed by atoms with Crippen LogP contribution in [0.1, 0.15) is 24.0 Å². The molecule has 0 aromatic heterocycles. The van der Waals surface area contributed by atoms with Crippen molar-refractivity contribution in [3.05, 3.63) is 35.4 Å². The highest BCUT2D eigenvalue weighted by molar-refractivity contribution is 7.86. The van der Waals surface area contributed by atoms with Crippen LogP contribution in [-0.2, 0) is 28.0 Å². The van der Waals surface area contributed by atoms with Gasteiger partial charge < -0.3 is 0 Å². The molecule has 2 heterocycles. The fraction of sp³-hybridized carbons (Fsp3) is 0.538. The second-order valence-electron chi connectivity index (χ2n) is 4.93. The van der Waals surface area contributed by atoms with E-state index in [9.17, 15) is 8.42 Å². The Morgan fingerprint density at radius 1 is 1.05 bits per heavy atom. The minimum atomic E-state index is -3.48. The summed E-state index contributed by atoms with van der Waals surface area (Å²) in [5, 5.41) is 0. The summed E-state index contributed by atoms with van der Waals surface area (Å²) in [6, 6.07) is 8.01. The van der Waals surface area contributed by atoms with Crippen LogP contribution in [0.5, 0.6) is 0 Å². The topological polar surface area (TPSA) is 49.9 Å². The number of hydrogen-bond acceptors (Lipinski definition) is 3. The van der Waals surface area contributed by atoms with Crippen molar-refractivity contribution in [3.63, 3.8) is 0 Å². The molecule has 1 aromatic rings. The largest absolute Gasteiger partial charge is 0.304 e. The number of hydrogen-bond donors (Lipinski definition) is 0. The molecule has 0 saturated carbocycles. The smallest absolute Gasteiger partial charge is 0.283 e. The third kappa shape index (κ3) is 2.53. The molecule has 3 rings (SSSR count). The van der Waals surface area contributed by atoms with Crippen molar-refractivity contribution in [1.29, 1.82) is 0 Å². The Morgan fingerprint density at radius 2 is 1.84 bits per heavy atom. The molecule has 5 nitrogen and oxygen atoms in total. The normalized spacial score (nSPS) is 22.1. The van der Waals surface area contributed by atoms with Gasteiger partial charge in [-0.15, -0.1) is 0 Å². The summed E-state index contributed by atoms with van der Waals surface area (Å²) in [6.45, 7) is 1.92. The van der Waals surface area contributed by atoms with Crippen molar-refractivity contribution in [2.45, 2.75) is 25.8 Å². The van der Waals surface area contributed by atoms with E-state index in [0.29, 0.717) is 26.2 Å². The Balaban J connectivity index is 1.80. The second kappa shape index (κ2) is 5.20. The van der Waals surface area contributed by atoms with Crippen LogP contribution >= 0.6 is 0 Å². The van der Waals surface area contributed by atoms with Crippen molar-refractivity contribution in [2.24, 2.45) is 0 Å². The van der Waals surface area contributed by atoms with Crippen LogP contribution < -0.4 is 0 Å². The molecule has 0 unspecified atom stereocenters. The minimum Gasteiger partial charge on any atom is -0.283 e. The van der Waals surface area contributed by atoms with Gasteiger partial charge in [-0.2, -0.15) is 12.7 Å². The van der Waals surface area contributed by atoms with E-state index in [4.69, 9.17) is 4.84 Å². The minimum absolute atomic E-state index is 0.443. The Labute approximate surface area is 113 Å². The molecular weight excluding hydrogens is 264 g/mol. The van der Waals surface area contributed by atoms with Gasteiger partial charge in [0.1, 0.15) is 0 Å². The molecule has 0 radical (unpaired) electrons. The van der Waals surface area contributed by atoms with Crippen molar-refractivity contribution in [2.75, 3.05) is 19.7 Å². The summed E-state index contributed by atoms with van der Waals surface area (Å²) >= 11 is 0. The van der Waals surface area contributed by atoms with E-state index in [0.717, 1.165) is 29.3 Å². The Bertz CT molecular complexity index is 553. The van der Waals surface area contributed by atoms with Gasteiger partial charge in [-0.05, 0) is 30.4 Å². The van der Waals surface area contributed by atoms with Gasteiger partial charge in [-0.1, -0.05) is 28.7 Å². The van der Waals surface area contributed by atoms with Gasteiger partial charge in [0, 0.05) is 19.6 Å². The summed E-state index contributed by atoms with van der Waals surface area (Å²) in [4.78, 5) is 5.29. The average Bonchev–Trinajstić information content (AvgIpc) is 2.47. The van der Waals surface area contributed by atoms with Crippen LogP contribution in [0.2, 0.25) is 0 Å². The van der Waals surface area contributed by atoms with E-state index >= 15 is 0 Å². The maximum absolute atomic E-state index is 12.5. The van der Waals surface area contributed by atoms with Crippen LogP contribution in [0.25, 0.3) is 0 Å². The molecule has 2 aliphatic heterocycles. The summed E-state index contributed by atoms with van der Waals surface area (Å²) in [5.41, 5.74) is 2.34. The lowest BCUT2D eigenvalue weighted by molar-refractivity contribution is -0.113. The molecule has 19 heavy (non-hydrogen) atoms. The van der Waals surface area contributed by atoms with E-state index in [1.807, 2.05) is 18.2 Å². The summed E-state index contributed by atoms with van der Waals surface area (Å²) in [5.74, 6) is 0. The van der Waals surface area contributed by atoms with Gasteiger partial charge in [0.05, 0.1) is 6.61 Å². The van der Waals surface area contributed by atoms with E-state index in [-0.39, 0.29) is 0 Å². The molecule has 1 fully saturated rings. The number of nitrogens with zero attached hydrogens (tertiary/aromatic N) is 2. The fourth-order valence-electron chi connectivity index (χ4n) is 2.55. The lowest BCUT2D eigenvalue weighted by atomic mass is 10.0. The van der Waals surface area contributed by atoms with Gasteiger partial charge in [-0.3, -0.25) is 4.84 Å². The molecule has 0 atom stereocenters. The van der Waals surface area contributed by atoms with Crippen molar-refractivity contribution < 1.29 is 13.3 Å². The van der Waals surface area contributed by atoms with E-state index in [1.165, 1.54) is 9.87 Å². The molecule has 2 aliphatic rings. The molecule has 1 saturated heterocycles. The summed E-state index contributed by atoms with van der Waals surface area (Å²) in [7, 11) is -3.48.